The van der Waals surface area contributed by atoms with E-state index in [1.807, 2.05) is 6.92 Å². The highest BCUT2D eigenvalue weighted by Gasteiger charge is 2.35. The lowest BCUT2D eigenvalue weighted by Gasteiger charge is -2.13. The van der Waals surface area contributed by atoms with Crippen molar-refractivity contribution in [3.8, 4) is 5.75 Å². The first-order chi connectivity index (χ1) is 15.9. The fraction of sp³-hybridized carbons (Fsp3) is 0.261. The number of carbonyl (C=O) groups excluding carboxylic acids is 3. The summed E-state index contributed by atoms with van der Waals surface area (Å²) in [6.07, 6.45) is 0.283. The zero-order valence-electron chi connectivity index (χ0n) is 17.7. The molecule has 2 heterocycles. The van der Waals surface area contributed by atoms with E-state index < -0.39 is 5.97 Å². The summed E-state index contributed by atoms with van der Waals surface area (Å²) < 4.78 is 28.4. The van der Waals surface area contributed by atoms with E-state index in [-0.39, 0.29) is 61.9 Å². The van der Waals surface area contributed by atoms with Crippen LogP contribution in [0.2, 0.25) is 0 Å². The molecule has 1 aliphatic heterocycles. The molecule has 1 aromatic heterocycles. The number of rotatable bonds is 9. The van der Waals surface area contributed by atoms with Crippen molar-refractivity contribution in [3.05, 3.63) is 76.7 Å². The third-order valence-electron chi connectivity index (χ3n) is 4.94. The Morgan fingerprint density at radius 1 is 1.06 bits per heavy atom. The van der Waals surface area contributed by atoms with E-state index in [1.54, 1.807) is 18.2 Å². The van der Waals surface area contributed by atoms with Gasteiger partial charge in [-0.25, -0.2) is 4.39 Å². The Kier molecular flexibility index (Phi) is 6.43. The predicted octanol–water partition coefficient (Wildman–Crippen LogP) is 3.22. The van der Waals surface area contributed by atoms with Gasteiger partial charge in [-0.2, -0.15) is 4.98 Å². The largest absolute Gasteiger partial charge is 0.485 e. The summed E-state index contributed by atoms with van der Waals surface area (Å²) in [5.74, 6) is -0.821. The summed E-state index contributed by atoms with van der Waals surface area (Å²) in [6, 6.07) is 10.6. The van der Waals surface area contributed by atoms with Crippen LogP contribution in [-0.2, 0) is 22.7 Å². The van der Waals surface area contributed by atoms with Gasteiger partial charge in [-0.1, -0.05) is 16.8 Å². The Hall–Kier alpha value is -4.08. The zero-order valence-corrected chi connectivity index (χ0v) is 17.7. The SMILES string of the molecule is Cc1ccc2c(c1)C(=O)N(CCCC(=O)OCc1nc(COc3ccc(F)cc3)no1)C2=O. The first-order valence-electron chi connectivity index (χ1n) is 10.2. The Morgan fingerprint density at radius 3 is 2.61 bits per heavy atom. The lowest BCUT2D eigenvalue weighted by Crippen LogP contribution is -2.31. The minimum atomic E-state index is -0.523. The summed E-state index contributed by atoms with van der Waals surface area (Å²) in [6.45, 7) is 1.76. The van der Waals surface area contributed by atoms with Gasteiger partial charge in [-0.05, 0) is 49.7 Å². The number of hydrogen-bond acceptors (Lipinski definition) is 8. The van der Waals surface area contributed by atoms with Crippen molar-refractivity contribution in [3.63, 3.8) is 0 Å². The maximum Gasteiger partial charge on any atom is 0.306 e. The molecule has 2 amide bonds. The summed E-state index contributed by atoms with van der Waals surface area (Å²) in [5, 5.41) is 3.73. The molecule has 0 atom stereocenters. The molecule has 33 heavy (non-hydrogen) atoms. The van der Waals surface area contributed by atoms with Crippen LogP contribution in [0.4, 0.5) is 4.39 Å². The van der Waals surface area contributed by atoms with Gasteiger partial charge in [0.2, 0.25) is 5.82 Å². The number of amides is 2. The Balaban J connectivity index is 1.19. The molecular weight excluding hydrogens is 433 g/mol. The molecule has 2 aromatic carbocycles. The standard InChI is InChI=1S/C23H20FN3O6/c1-14-4-9-17-18(11-14)23(30)27(22(17)29)10-2-3-21(28)32-13-20-25-19(26-33-20)12-31-16-7-5-15(24)6-8-16/h4-9,11H,2-3,10,12-13H2,1H3. The number of aromatic nitrogens is 2. The van der Waals surface area contributed by atoms with Gasteiger partial charge in [0.15, 0.2) is 13.2 Å². The molecule has 0 N–H and O–H groups in total. The molecule has 1 aliphatic rings. The number of benzene rings is 2. The fourth-order valence-corrected chi connectivity index (χ4v) is 3.29. The summed E-state index contributed by atoms with van der Waals surface area (Å²) in [5.41, 5.74) is 1.66. The van der Waals surface area contributed by atoms with Gasteiger partial charge in [-0.15, -0.1) is 0 Å². The van der Waals surface area contributed by atoms with Gasteiger partial charge in [-0.3, -0.25) is 19.3 Å². The maximum atomic E-state index is 12.9. The van der Waals surface area contributed by atoms with E-state index in [4.69, 9.17) is 14.0 Å². The number of halogens is 1. The van der Waals surface area contributed by atoms with Crippen LogP contribution in [0.5, 0.6) is 5.75 Å². The number of hydrogen-bond donors (Lipinski definition) is 0. The molecule has 10 heteroatoms. The molecule has 0 spiro atoms. The summed E-state index contributed by atoms with van der Waals surface area (Å²) >= 11 is 0. The molecule has 0 saturated heterocycles. The minimum Gasteiger partial charge on any atom is -0.485 e. The van der Waals surface area contributed by atoms with E-state index in [9.17, 15) is 18.8 Å². The number of carbonyl (C=O) groups is 3. The van der Waals surface area contributed by atoms with Gasteiger partial charge in [0, 0.05) is 13.0 Å². The van der Waals surface area contributed by atoms with Crippen LogP contribution in [0.1, 0.15) is 50.8 Å². The lowest BCUT2D eigenvalue weighted by molar-refractivity contribution is -0.145. The molecule has 0 aliphatic carbocycles. The number of fused-ring (bicyclic) bond motifs is 1. The van der Waals surface area contributed by atoms with E-state index in [2.05, 4.69) is 10.1 Å². The molecule has 170 valence electrons. The van der Waals surface area contributed by atoms with Crippen LogP contribution in [0, 0.1) is 12.7 Å². The maximum absolute atomic E-state index is 12.9. The third-order valence-corrected chi connectivity index (χ3v) is 4.94. The Bertz CT molecular complexity index is 1190. The predicted molar refractivity (Wildman–Crippen MR) is 111 cm³/mol. The van der Waals surface area contributed by atoms with Gasteiger partial charge in [0.25, 0.3) is 17.7 Å². The molecule has 9 nitrogen and oxygen atoms in total. The topological polar surface area (TPSA) is 112 Å². The van der Waals surface area contributed by atoms with Crippen LogP contribution >= 0.6 is 0 Å². The van der Waals surface area contributed by atoms with Gasteiger partial charge in [0.1, 0.15) is 11.6 Å². The van der Waals surface area contributed by atoms with Crippen molar-refractivity contribution in [2.45, 2.75) is 33.0 Å². The molecule has 0 unspecified atom stereocenters. The normalized spacial score (nSPS) is 12.7. The van der Waals surface area contributed by atoms with Gasteiger partial charge < -0.3 is 14.0 Å². The smallest absolute Gasteiger partial charge is 0.306 e. The van der Waals surface area contributed by atoms with Crippen LogP contribution in [0.15, 0.2) is 47.0 Å². The number of nitrogens with zero attached hydrogens (tertiary/aromatic N) is 3. The van der Waals surface area contributed by atoms with Gasteiger partial charge >= 0.3 is 5.97 Å². The molecular formula is C23H20FN3O6. The highest BCUT2D eigenvalue weighted by Crippen LogP contribution is 2.24. The summed E-state index contributed by atoms with van der Waals surface area (Å²) in [4.78, 5) is 42.0. The molecule has 4 rings (SSSR count). The Morgan fingerprint density at radius 2 is 1.82 bits per heavy atom. The van der Waals surface area contributed by atoms with Crippen LogP contribution in [0.25, 0.3) is 0 Å². The van der Waals surface area contributed by atoms with Crippen molar-refractivity contribution in [2.24, 2.45) is 0 Å². The molecule has 0 saturated carbocycles. The van der Waals surface area contributed by atoms with Crippen LogP contribution in [0.3, 0.4) is 0 Å². The first-order valence-corrected chi connectivity index (χ1v) is 10.2. The Labute approximate surface area is 188 Å². The van der Waals surface area contributed by atoms with Crippen molar-refractivity contribution < 1.29 is 32.8 Å². The summed E-state index contributed by atoms with van der Waals surface area (Å²) in [7, 11) is 0. The van der Waals surface area contributed by atoms with E-state index in [0.717, 1.165) is 10.5 Å². The van der Waals surface area contributed by atoms with Crippen molar-refractivity contribution in [1.82, 2.24) is 15.0 Å². The highest BCUT2D eigenvalue weighted by atomic mass is 19.1. The zero-order chi connectivity index (χ0) is 23.4. The molecule has 0 fully saturated rings. The average molecular weight is 453 g/mol. The number of imide groups is 1. The van der Waals surface area contributed by atoms with Gasteiger partial charge in [0.05, 0.1) is 11.1 Å². The monoisotopic (exact) mass is 453 g/mol. The number of ether oxygens (including phenoxy) is 2. The van der Waals surface area contributed by atoms with E-state index in [0.29, 0.717) is 16.9 Å². The first kappa shape index (κ1) is 22.1. The molecule has 3 aromatic rings. The van der Waals surface area contributed by atoms with Crippen molar-refractivity contribution in [2.75, 3.05) is 6.54 Å². The van der Waals surface area contributed by atoms with Crippen LogP contribution < -0.4 is 4.74 Å². The average Bonchev–Trinajstić information content (AvgIpc) is 3.35. The van der Waals surface area contributed by atoms with Crippen molar-refractivity contribution >= 4 is 17.8 Å². The second-order valence-corrected chi connectivity index (χ2v) is 7.42. The van der Waals surface area contributed by atoms with Crippen LogP contribution in [-0.4, -0.2) is 39.4 Å². The molecule has 0 bridgehead atoms. The fourth-order valence-electron chi connectivity index (χ4n) is 3.29. The van der Waals surface area contributed by atoms with E-state index >= 15 is 0 Å². The second-order valence-electron chi connectivity index (χ2n) is 7.42. The van der Waals surface area contributed by atoms with E-state index in [1.165, 1.54) is 24.3 Å². The third kappa shape index (κ3) is 5.22. The quantitative estimate of drug-likeness (QED) is 0.359. The number of esters is 1. The minimum absolute atomic E-state index is 0.00286. The number of aryl methyl sites for hydroxylation is 1. The van der Waals surface area contributed by atoms with Crippen molar-refractivity contribution in [1.29, 1.82) is 0 Å². The highest BCUT2D eigenvalue weighted by molar-refractivity contribution is 6.21. The lowest BCUT2D eigenvalue weighted by atomic mass is 10.1. The second kappa shape index (κ2) is 9.60. The molecule has 0 radical (unpaired) electrons.